The van der Waals surface area contributed by atoms with Crippen LogP contribution in [0.4, 0.5) is 4.79 Å². The van der Waals surface area contributed by atoms with Crippen molar-refractivity contribution in [1.82, 2.24) is 4.90 Å². The summed E-state index contributed by atoms with van der Waals surface area (Å²) < 4.78 is 16.9. The fourth-order valence-corrected chi connectivity index (χ4v) is 3.63. The summed E-state index contributed by atoms with van der Waals surface area (Å²) in [5.74, 6) is 1.81. The number of rotatable bonds is 2. The maximum Gasteiger partial charge on any atom is 0.415 e. The van der Waals surface area contributed by atoms with Gasteiger partial charge in [-0.15, -0.1) is 0 Å². The van der Waals surface area contributed by atoms with E-state index in [0.717, 1.165) is 0 Å². The minimum Gasteiger partial charge on any atom is -0.497 e. The molecule has 27 heavy (non-hydrogen) atoms. The predicted molar refractivity (Wildman–Crippen MR) is 98.6 cm³/mol. The molecule has 4 rings (SSSR count). The number of benzene rings is 2. The molecule has 1 saturated heterocycles. The normalized spacial score (nSPS) is 17.8. The topological polar surface area (TPSA) is 65.1 Å². The molecule has 0 atom stereocenters. The highest BCUT2D eigenvalue weighted by atomic mass is 16.6. The molecule has 0 aromatic heterocycles. The van der Waals surface area contributed by atoms with Gasteiger partial charge in [0.1, 0.15) is 22.8 Å². The molecule has 0 unspecified atom stereocenters. The zero-order chi connectivity index (χ0) is 18.9. The van der Waals surface area contributed by atoms with E-state index in [-0.39, 0.29) is 11.9 Å². The van der Waals surface area contributed by atoms with Gasteiger partial charge in [0, 0.05) is 32.0 Å². The number of fused-ring (bicyclic) bond motifs is 1. The molecule has 6 heteroatoms. The van der Waals surface area contributed by atoms with Crippen molar-refractivity contribution in [3.05, 3.63) is 54.1 Å². The molecule has 0 radical (unpaired) electrons. The molecule has 2 aliphatic rings. The number of hydrogen-bond acceptors (Lipinski definition) is 5. The van der Waals surface area contributed by atoms with E-state index in [2.05, 4.69) is 0 Å². The van der Waals surface area contributed by atoms with Gasteiger partial charge >= 0.3 is 6.09 Å². The minimum atomic E-state index is -0.569. The van der Waals surface area contributed by atoms with E-state index < -0.39 is 5.60 Å². The molecule has 0 saturated carbocycles. The van der Waals surface area contributed by atoms with Crippen LogP contribution >= 0.6 is 0 Å². The summed E-state index contributed by atoms with van der Waals surface area (Å²) in [4.78, 5) is 26.6. The van der Waals surface area contributed by atoms with Crippen LogP contribution in [-0.2, 0) is 0 Å². The molecule has 1 amide bonds. The van der Waals surface area contributed by atoms with Gasteiger partial charge in [0.15, 0.2) is 5.78 Å². The number of methoxy groups -OCH3 is 1. The number of carbonyl (C=O) groups is 2. The van der Waals surface area contributed by atoms with Gasteiger partial charge < -0.3 is 19.1 Å². The average Bonchev–Trinajstić information content (AvgIpc) is 2.68. The second-order valence-electron chi connectivity index (χ2n) is 6.92. The number of hydrogen-bond donors (Lipinski definition) is 0. The predicted octanol–water partition coefficient (Wildman–Crippen LogP) is 3.69. The molecule has 1 fully saturated rings. The fraction of sp³-hybridized carbons (Fsp3) is 0.333. The highest BCUT2D eigenvalue weighted by molar-refractivity contribution is 6.00. The summed E-state index contributed by atoms with van der Waals surface area (Å²) in [6.45, 7) is 0.969. The summed E-state index contributed by atoms with van der Waals surface area (Å²) in [6.07, 6.45) is 1.12. The molecule has 6 nitrogen and oxygen atoms in total. The van der Waals surface area contributed by atoms with Crippen LogP contribution in [0.5, 0.6) is 17.2 Å². The molecule has 0 N–H and O–H groups in total. The van der Waals surface area contributed by atoms with Crippen LogP contribution < -0.4 is 14.2 Å². The Kier molecular flexibility index (Phi) is 4.48. The lowest BCUT2D eigenvalue weighted by atomic mass is 9.82. The van der Waals surface area contributed by atoms with Crippen molar-refractivity contribution in [3.8, 4) is 17.2 Å². The molecule has 2 aromatic carbocycles. The largest absolute Gasteiger partial charge is 0.497 e. The van der Waals surface area contributed by atoms with Gasteiger partial charge in [0.25, 0.3) is 0 Å². The first kappa shape index (κ1) is 17.4. The van der Waals surface area contributed by atoms with Crippen LogP contribution in [0.25, 0.3) is 0 Å². The second-order valence-corrected chi connectivity index (χ2v) is 6.92. The third kappa shape index (κ3) is 3.47. The maximum atomic E-state index is 12.6. The van der Waals surface area contributed by atoms with Crippen molar-refractivity contribution in [1.29, 1.82) is 0 Å². The number of para-hydroxylation sites is 1. The van der Waals surface area contributed by atoms with Crippen molar-refractivity contribution in [2.75, 3.05) is 20.2 Å². The molecular formula is C21H21NO5. The SMILES string of the molecule is COc1ccc2c(c1)OC1(CCN(C(=O)Oc3ccccc3)CC1)CC2=O. The minimum absolute atomic E-state index is 0.0687. The Hall–Kier alpha value is -3.02. The van der Waals surface area contributed by atoms with E-state index in [9.17, 15) is 9.59 Å². The number of ether oxygens (including phenoxy) is 3. The smallest absolute Gasteiger partial charge is 0.415 e. The molecule has 2 aliphatic heterocycles. The Morgan fingerprint density at radius 2 is 1.81 bits per heavy atom. The Balaban J connectivity index is 1.44. The van der Waals surface area contributed by atoms with Gasteiger partial charge in [-0.2, -0.15) is 0 Å². The van der Waals surface area contributed by atoms with Crippen molar-refractivity contribution in [2.24, 2.45) is 0 Å². The Labute approximate surface area is 157 Å². The van der Waals surface area contributed by atoms with Crippen molar-refractivity contribution in [3.63, 3.8) is 0 Å². The second kappa shape index (κ2) is 6.95. The van der Waals surface area contributed by atoms with Gasteiger partial charge in [-0.05, 0) is 24.3 Å². The molecule has 0 aliphatic carbocycles. The van der Waals surface area contributed by atoms with E-state index >= 15 is 0 Å². The Bertz CT molecular complexity index is 856. The fourth-order valence-electron chi connectivity index (χ4n) is 3.63. The lowest BCUT2D eigenvalue weighted by Gasteiger charge is -2.43. The van der Waals surface area contributed by atoms with Crippen molar-refractivity contribution >= 4 is 11.9 Å². The highest BCUT2D eigenvalue weighted by Crippen LogP contribution is 2.40. The molecule has 2 aromatic rings. The summed E-state index contributed by atoms with van der Waals surface area (Å²) in [6, 6.07) is 14.3. The van der Waals surface area contributed by atoms with E-state index in [1.54, 1.807) is 42.3 Å². The highest BCUT2D eigenvalue weighted by Gasteiger charge is 2.44. The summed E-state index contributed by atoms with van der Waals surface area (Å²) in [5.41, 5.74) is 0.0207. The first-order valence-corrected chi connectivity index (χ1v) is 9.01. The first-order valence-electron chi connectivity index (χ1n) is 9.01. The molecule has 0 bridgehead atoms. The van der Waals surface area contributed by atoms with Crippen molar-refractivity contribution in [2.45, 2.75) is 24.9 Å². The lowest BCUT2D eigenvalue weighted by Crippen LogP contribution is -2.52. The van der Waals surface area contributed by atoms with E-state index in [0.29, 0.717) is 55.2 Å². The number of nitrogens with zero attached hydrogens (tertiary/aromatic N) is 1. The van der Waals surface area contributed by atoms with Gasteiger partial charge in [-0.3, -0.25) is 4.79 Å². The molecular weight excluding hydrogens is 346 g/mol. The quantitative estimate of drug-likeness (QED) is 0.810. The Morgan fingerprint density at radius 1 is 1.07 bits per heavy atom. The van der Waals surface area contributed by atoms with Crippen LogP contribution in [0.2, 0.25) is 0 Å². The molecule has 1 spiro atoms. The monoisotopic (exact) mass is 367 g/mol. The number of carbonyl (C=O) groups excluding carboxylic acids is 2. The van der Waals surface area contributed by atoms with E-state index in [1.807, 2.05) is 18.2 Å². The summed E-state index contributed by atoms with van der Waals surface area (Å²) in [7, 11) is 1.58. The summed E-state index contributed by atoms with van der Waals surface area (Å²) in [5, 5.41) is 0. The van der Waals surface area contributed by atoms with Crippen LogP contribution in [0.3, 0.4) is 0 Å². The van der Waals surface area contributed by atoms with Crippen molar-refractivity contribution < 1.29 is 23.8 Å². The van der Waals surface area contributed by atoms with Gasteiger partial charge in [-0.25, -0.2) is 4.79 Å². The Morgan fingerprint density at radius 3 is 2.52 bits per heavy atom. The zero-order valence-electron chi connectivity index (χ0n) is 15.1. The van der Waals surface area contributed by atoms with Gasteiger partial charge in [-0.1, -0.05) is 18.2 Å². The van der Waals surface area contributed by atoms with Crippen LogP contribution in [0.15, 0.2) is 48.5 Å². The van der Waals surface area contributed by atoms with E-state index in [1.165, 1.54) is 0 Å². The van der Waals surface area contributed by atoms with Crippen LogP contribution in [0.1, 0.15) is 29.6 Å². The molecule has 2 heterocycles. The third-order valence-electron chi connectivity index (χ3n) is 5.18. The number of ketones is 1. The summed E-state index contributed by atoms with van der Waals surface area (Å²) >= 11 is 0. The van der Waals surface area contributed by atoms with E-state index in [4.69, 9.17) is 14.2 Å². The van der Waals surface area contributed by atoms with Crippen LogP contribution in [0, 0.1) is 0 Å². The molecule has 140 valence electrons. The first-order chi connectivity index (χ1) is 13.1. The number of amides is 1. The number of likely N-dealkylation sites (tertiary alicyclic amines) is 1. The lowest BCUT2D eigenvalue weighted by molar-refractivity contribution is -0.00450. The number of piperidine rings is 1. The number of Topliss-reactive ketones (excluding diaryl/α,β-unsaturated/α-hetero) is 1. The standard InChI is InChI=1S/C21H21NO5/c1-25-16-7-8-17-18(23)14-21(27-19(17)13-16)9-11-22(12-10-21)20(24)26-15-5-3-2-4-6-15/h2-8,13H,9-12,14H2,1H3. The van der Waals surface area contributed by atoms with Gasteiger partial charge in [0.2, 0.25) is 0 Å². The third-order valence-corrected chi connectivity index (χ3v) is 5.18. The average molecular weight is 367 g/mol. The van der Waals surface area contributed by atoms with Crippen LogP contribution in [-0.4, -0.2) is 42.6 Å². The maximum absolute atomic E-state index is 12.6. The van der Waals surface area contributed by atoms with Gasteiger partial charge in [0.05, 0.1) is 19.1 Å². The zero-order valence-corrected chi connectivity index (χ0v) is 15.1.